The van der Waals surface area contributed by atoms with Crippen molar-refractivity contribution in [2.45, 2.75) is 25.4 Å². The second-order valence-corrected chi connectivity index (χ2v) is 5.37. The number of hydrogen-bond acceptors (Lipinski definition) is 3. The van der Waals surface area contributed by atoms with Crippen LogP contribution in [0.1, 0.15) is 24.9 Å². The molecule has 6 heteroatoms. The minimum Gasteiger partial charge on any atom is -0.481 e. The second-order valence-electron chi connectivity index (χ2n) is 5.37. The standard InChI is InChI=1S/C15H20N2O4/c1-10(11-5-3-2-4-6-11)16-13-7-8-17(15(20)21)9-12(13)14(18)19/h2-6,10,12-13,16H,7-9H2,1H3,(H,18,19)(H,20,21)/t10-,12-,13+/m1/s1. The molecule has 1 aromatic rings. The van der Waals surface area contributed by atoms with E-state index in [1.54, 1.807) is 0 Å². The van der Waals surface area contributed by atoms with E-state index in [-0.39, 0.29) is 18.6 Å². The first kappa shape index (κ1) is 15.3. The highest BCUT2D eigenvalue weighted by atomic mass is 16.4. The highest BCUT2D eigenvalue weighted by Crippen LogP contribution is 2.22. The molecule has 0 aliphatic carbocycles. The van der Waals surface area contributed by atoms with Gasteiger partial charge in [-0.25, -0.2) is 4.79 Å². The number of likely N-dealkylation sites (tertiary alicyclic amines) is 1. The molecular weight excluding hydrogens is 272 g/mol. The Hall–Kier alpha value is -2.08. The summed E-state index contributed by atoms with van der Waals surface area (Å²) >= 11 is 0. The van der Waals surface area contributed by atoms with Crippen molar-refractivity contribution in [2.75, 3.05) is 13.1 Å². The molecule has 1 aliphatic heterocycles. The molecule has 1 saturated heterocycles. The van der Waals surface area contributed by atoms with Gasteiger partial charge < -0.3 is 20.4 Å². The van der Waals surface area contributed by atoms with Crippen LogP contribution in [0, 0.1) is 5.92 Å². The van der Waals surface area contributed by atoms with Crippen LogP contribution in [-0.2, 0) is 4.79 Å². The number of hydrogen-bond donors (Lipinski definition) is 3. The van der Waals surface area contributed by atoms with Crippen LogP contribution in [0.5, 0.6) is 0 Å². The van der Waals surface area contributed by atoms with Crippen LogP contribution in [0.15, 0.2) is 30.3 Å². The van der Waals surface area contributed by atoms with Gasteiger partial charge in [-0.3, -0.25) is 4.79 Å². The van der Waals surface area contributed by atoms with Crippen molar-refractivity contribution in [1.82, 2.24) is 10.2 Å². The summed E-state index contributed by atoms with van der Waals surface area (Å²) in [5, 5.41) is 21.7. The van der Waals surface area contributed by atoms with Crippen molar-refractivity contribution in [3.05, 3.63) is 35.9 Å². The maximum atomic E-state index is 11.4. The van der Waals surface area contributed by atoms with Crippen molar-refractivity contribution in [2.24, 2.45) is 5.92 Å². The summed E-state index contributed by atoms with van der Waals surface area (Å²) in [5.74, 6) is -1.68. The molecule has 0 spiro atoms. The second kappa shape index (κ2) is 6.58. The summed E-state index contributed by atoms with van der Waals surface area (Å²) in [6.07, 6.45) is -0.559. The van der Waals surface area contributed by atoms with Crippen molar-refractivity contribution in [3.63, 3.8) is 0 Å². The molecule has 0 bridgehead atoms. The molecule has 0 saturated carbocycles. The maximum Gasteiger partial charge on any atom is 0.407 e. The lowest BCUT2D eigenvalue weighted by molar-refractivity contribution is -0.144. The fourth-order valence-electron chi connectivity index (χ4n) is 2.73. The number of benzene rings is 1. The van der Waals surface area contributed by atoms with E-state index in [0.717, 1.165) is 5.56 Å². The third-order valence-corrected chi connectivity index (χ3v) is 3.96. The van der Waals surface area contributed by atoms with E-state index in [4.69, 9.17) is 5.11 Å². The van der Waals surface area contributed by atoms with Crippen LogP contribution in [0.25, 0.3) is 0 Å². The quantitative estimate of drug-likeness (QED) is 0.787. The van der Waals surface area contributed by atoms with Gasteiger partial charge in [0.2, 0.25) is 0 Å². The van der Waals surface area contributed by atoms with Gasteiger partial charge in [-0.15, -0.1) is 0 Å². The summed E-state index contributed by atoms with van der Waals surface area (Å²) in [6.45, 7) is 2.37. The maximum absolute atomic E-state index is 11.4. The molecule has 1 heterocycles. The number of carbonyl (C=O) groups is 2. The van der Waals surface area contributed by atoms with Gasteiger partial charge in [0.05, 0.1) is 5.92 Å². The van der Waals surface area contributed by atoms with E-state index in [1.165, 1.54) is 4.90 Å². The monoisotopic (exact) mass is 292 g/mol. The Morgan fingerprint density at radius 2 is 1.95 bits per heavy atom. The Balaban J connectivity index is 2.04. The summed E-state index contributed by atoms with van der Waals surface area (Å²) in [5.41, 5.74) is 1.09. The Labute approximate surface area is 123 Å². The predicted octanol–water partition coefficient (Wildman–Crippen LogP) is 1.79. The third kappa shape index (κ3) is 3.72. The number of aliphatic carboxylic acids is 1. The van der Waals surface area contributed by atoms with E-state index in [1.807, 2.05) is 37.3 Å². The van der Waals surface area contributed by atoms with Gasteiger partial charge in [0.15, 0.2) is 0 Å². The Morgan fingerprint density at radius 3 is 2.52 bits per heavy atom. The summed E-state index contributed by atoms with van der Waals surface area (Å²) in [6, 6.07) is 9.58. The third-order valence-electron chi connectivity index (χ3n) is 3.96. The van der Waals surface area contributed by atoms with E-state index in [0.29, 0.717) is 13.0 Å². The highest BCUT2D eigenvalue weighted by molar-refractivity contribution is 5.73. The zero-order chi connectivity index (χ0) is 15.4. The average Bonchev–Trinajstić information content (AvgIpc) is 2.48. The van der Waals surface area contributed by atoms with Gasteiger partial charge in [0.1, 0.15) is 0 Å². The molecular formula is C15H20N2O4. The lowest BCUT2D eigenvalue weighted by Crippen LogP contribution is -2.53. The molecule has 1 aromatic carbocycles. The first-order chi connectivity index (χ1) is 9.99. The number of carboxylic acid groups (broad SMARTS) is 2. The zero-order valence-corrected chi connectivity index (χ0v) is 11.9. The summed E-state index contributed by atoms with van der Waals surface area (Å²) < 4.78 is 0. The van der Waals surface area contributed by atoms with Crippen LogP contribution >= 0.6 is 0 Å². The van der Waals surface area contributed by atoms with Crippen molar-refractivity contribution >= 4 is 12.1 Å². The Morgan fingerprint density at radius 1 is 1.29 bits per heavy atom. The van der Waals surface area contributed by atoms with Gasteiger partial charge in [0.25, 0.3) is 0 Å². The van der Waals surface area contributed by atoms with Crippen LogP contribution in [0.2, 0.25) is 0 Å². The number of nitrogens with one attached hydrogen (secondary N) is 1. The molecule has 1 fully saturated rings. The van der Waals surface area contributed by atoms with Gasteiger partial charge in [-0.1, -0.05) is 30.3 Å². The van der Waals surface area contributed by atoms with Crippen molar-refractivity contribution in [3.8, 4) is 0 Å². The van der Waals surface area contributed by atoms with Gasteiger partial charge in [-0.05, 0) is 18.9 Å². The molecule has 0 radical (unpaired) electrons. The number of piperidine rings is 1. The highest BCUT2D eigenvalue weighted by Gasteiger charge is 2.36. The molecule has 21 heavy (non-hydrogen) atoms. The molecule has 0 unspecified atom stereocenters. The average molecular weight is 292 g/mol. The van der Waals surface area contributed by atoms with Crippen molar-refractivity contribution < 1.29 is 19.8 Å². The van der Waals surface area contributed by atoms with E-state index < -0.39 is 18.0 Å². The van der Waals surface area contributed by atoms with Crippen LogP contribution in [0.4, 0.5) is 4.79 Å². The van der Waals surface area contributed by atoms with Crippen LogP contribution in [-0.4, -0.2) is 46.3 Å². The van der Waals surface area contributed by atoms with Crippen molar-refractivity contribution in [1.29, 1.82) is 0 Å². The summed E-state index contributed by atoms with van der Waals surface area (Å²) in [4.78, 5) is 23.5. The predicted molar refractivity (Wildman–Crippen MR) is 77.1 cm³/mol. The minimum absolute atomic E-state index is 0.0226. The van der Waals surface area contributed by atoms with E-state index >= 15 is 0 Å². The normalized spacial score (nSPS) is 23.6. The number of rotatable bonds is 4. The minimum atomic E-state index is -1.06. The fourth-order valence-corrected chi connectivity index (χ4v) is 2.73. The lowest BCUT2D eigenvalue weighted by Gasteiger charge is -2.37. The Kier molecular flexibility index (Phi) is 4.80. The largest absolute Gasteiger partial charge is 0.481 e. The number of carboxylic acids is 1. The SMILES string of the molecule is C[C@@H](N[C@H]1CCN(C(=O)O)C[C@H]1C(=O)O)c1ccccc1. The topological polar surface area (TPSA) is 89.9 Å². The first-order valence-corrected chi connectivity index (χ1v) is 7.00. The molecule has 6 nitrogen and oxygen atoms in total. The first-order valence-electron chi connectivity index (χ1n) is 7.00. The fraction of sp³-hybridized carbons (Fsp3) is 0.467. The van der Waals surface area contributed by atoms with Gasteiger partial charge >= 0.3 is 12.1 Å². The molecule has 114 valence electrons. The lowest BCUT2D eigenvalue weighted by atomic mass is 9.91. The number of amides is 1. The van der Waals surface area contributed by atoms with Crippen LogP contribution in [0.3, 0.4) is 0 Å². The molecule has 3 atom stereocenters. The van der Waals surface area contributed by atoms with Crippen LogP contribution < -0.4 is 5.32 Å². The van der Waals surface area contributed by atoms with E-state index in [2.05, 4.69) is 5.32 Å². The van der Waals surface area contributed by atoms with Gasteiger partial charge in [-0.2, -0.15) is 0 Å². The van der Waals surface area contributed by atoms with E-state index in [9.17, 15) is 14.7 Å². The molecule has 1 amide bonds. The smallest absolute Gasteiger partial charge is 0.407 e. The molecule has 1 aliphatic rings. The summed E-state index contributed by atoms with van der Waals surface area (Å²) in [7, 11) is 0. The molecule has 3 N–H and O–H groups in total. The Bertz CT molecular complexity index is 506. The zero-order valence-electron chi connectivity index (χ0n) is 11.9. The van der Waals surface area contributed by atoms with Gasteiger partial charge in [0, 0.05) is 25.2 Å². The number of nitrogens with zero attached hydrogens (tertiary/aromatic N) is 1. The molecule has 2 rings (SSSR count). The molecule has 0 aromatic heterocycles.